The lowest BCUT2D eigenvalue weighted by Crippen LogP contribution is -2.48. The molecule has 0 aromatic carbocycles. The summed E-state index contributed by atoms with van der Waals surface area (Å²) < 4.78 is 0. The van der Waals surface area contributed by atoms with Gasteiger partial charge in [0.05, 0.1) is 0 Å². The SMILES string of the molecule is CN(C)C(=O)N1C[C@H]2CC[C@@H](C1)N(C(=O)c1ncccc1O)C2. The van der Waals surface area contributed by atoms with Gasteiger partial charge in [-0.1, -0.05) is 0 Å². The van der Waals surface area contributed by atoms with E-state index in [0.717, 1.165) is 12.8 Å². The Morgan fingerprint density at radius 3 is 2.74 bits per heavy atom. The second kappa shape index (κ2) is 6.06. The second-order valence-corrected chi connectivity index (χ2v) is 6.51. The molecule has 4 rings (SSSR count). The van der Waals surface area contributed by atoms with Crippen molar-refractivity contribution in [2.45, 2.75) is 18.9 Å². The van der Waals surface area contributed by atoms with E-state index in [2.05, 4.69) is 4.98 Å². The fourth-order valence-corrected chi connectivity index (χ4v) is 3.47. The molecule has 0 saturated carbocycles. The van der Waals surface area contributed by atoms with Crippen LogP contribution in [0, 0.1) is 5.92 Å². The molecule has 3 fully saturated rings. The Kier molecular flexibility index (Phi) is 4.11. The lowest BCUT2D eigenvalue weighted by atomic mass is 9.94. The fraction of sp³-hybridized carbons (Fsp3) is 0.562. The summed E-state index contributed by atoms with van der Waals surface area (Å²) in [6.45, 7) is 1.81. The third kappa shape index (κ3) is 2.95. The van der Waals surface area contributed by atoms with Crippen LogP contribution in [-0.2, 0) is 0 Å². The predicted molar refractivity (Wildman–Crippen MR) is 84.1 cm³/mol. The van der Waals surface area contributed by atoms with Crippen LogP contribution in [0.4, 0.5) is 4.79 Å². The van der Waals surface area contributed by atoms with Crippen molar-refractivity contribution in [2.75, 3.05) is 33.7 Å². The van der Waals surface area contributed by atoms with Crippen LogP contribution < -0.4 is 0 Å². The number of aromatic hydroxyl groups is 1. The molecule has 3 saturated heterocycles. The van der Waals surface area contributed by atoms with Gasteiger partial charge in [0.1, 0.15) is 5.75 Å². The van der Waals surface area contributed by atoms with E-state index in [9.17, 15) is 14.7 Å². The quantitative estimate of drug-likeness (QED) is 0.838. The topological polar surface area (TPSA) is 77.0 Å². The smallest absolute Gasteiger partial charge is 0.319 e. The lowest BCUT2D eigenvalue weighted by Gasteiger charge is -2.35. The van der Waals surface area contributed by atoms with Gasteiger partial charge in [-0.3, -0.25) is 4.79 Å². The Bertz CT molecular complexity index is 619. The first-order valence-corrected chi connectivity index (χ1v) is 7.88. The summed E-state index contributed by atoms with van der Waals surface area (Å²) in [5.74, 6) is -0.0803. The fourth-order valence-electron chi connectivity index (χ4n) is 3.47. The number of hydrogen-bond acceptors (Lipinski definition) is 4. The molecule has 3 aliphatic rings. The molecule has 1 aromatic heterocycles. The van der Waals surface area contributed by atoms with Gasteiger partial charge in [0.2, 0.25) is 0 Å². The first-order chi connectivity index (χ1) is 11.0. The van der Waals surface area contributed by atoms with E-state index < -0.39 is 0 Å². The molecule has 2 atom stereocenters. The highest BCUT2D eigenvalue weighted by Gasteiger charge is 2.39. The van der Waals surface area contributed by atoms with E-state index in [1.54, 1.807) is 30.0 Å². The molecule has 23 heavy (non-hydrogen) atoms. The van der Waals surface area contributed by atoms with Crippen molar-refractivity contribution in [1.29, 1.82) is 0 Å². The first kappa shape index (κ1) is 15.6. The van der Waals surface area contributed by atoms with E-state index >= 15 is 0 Å². The summed E-state index contributed by atoms with van der Waals surface area (Å²) in [6, 6.07) is 3.03. The van der Waals surface area contributed by atoms with Crippen molar-refractivity contribution >= 4 is 11.9 Å². The van der Waals surface area contributed by atoms with Crippen LogP contribution in [-0.4, -0.2) is 76.5 Å². The summed E-state index contributed by atoms with van der Waals surface area (Å²) >= 11 is 0. The first-order valence-electron chi connectivity index (χ1n) is 7.88. The molecule has 7 heteroatoms. The van der Waals surface area contributed by atoms with Gasteiger partial charge in [-0.25, -0.2) is 9.78 Å². The Hall–Kier alpha value is -2.31. The van der Waals surface area contributed by atoms with Gasteiger partial charge in [-0.05, 0) is 30.9 Å². The Morgan fingerprint density at radius 2 is 2.04 bits per heavy atom. The van der Waals surface area contributed by atoms with Gasteiger partial charge in [-0.15, -0.1) is 0 Å². The van der Waals surface area contributed by atoms with E-state index in [1.807, 2.05) is 4.90 Å². The van der Waals surface area contributed by atoms with Crippen LogP contribution in [0.15, 0.2) is 18.3 Å². The zero-order valence-corrected chi connectivity index (χ0v) is 13.5. The molecular formula is C16H22N4O3. The lowest BCUT2D eigenvalue weighted by molar-refractivity contribution is 0.0576. The van der Waals surface area contributed by atoms with Gasteiger partial charge in [0, 0.05) is 46.0 Å². The third-order valence-corrected chi connectivity index (χ3v) is 4.62. The Balaban J connectivity index is 1.82. The molecule has 124 valence electrons. The number of nitrogens with zero attached hydrogens (tertiary/aromatic N) is 4. The van der Waals surface area contributed by atoms with Crippen molar-refractivity contribution in [3.63, 3.8) is 0 Å². The predicted octanol–water partition coefficient (Wildman–Crippen LogP) is 1.01. The highest BCUT2D eigenvalue weighted by Crippen LogP contribution is 2.30. The third-order valence-electron chi connectivity index (χ3n) is 4.62. The van der Waals surface area contributed by atoms with Gasteiger partial charge in [0.15, 0.2) is 5.69 Å². The molecule has 1 N–H and O–H groups in total. The van der Waals surface area contributed by atoms with Crippen LogP contribution in [0.3, 0.4) is 0 Å². The highest BCUT2D eigenvalue weighted by atomic mass is 16.3. The Labute approximate surface area is 135 Å². The van der Waals surface area contributed by atoms with Crippen molar-refractivity contribution in [1.82, 2.24) is 19.7 Å². The number of aromatic nitrogens is 1. The minimum Gasteiger partial charge on any atom is -0.505 e. The van der Waals surface area contributed by atoms with Crippen molar-refractivity contribution in [3.8, 4) is 5.75 Å². The minimum absolute atomic E-state index is 0.0168. The maximum Gasteiger partial charge on any atom is 0.319 e. The maximum atomic E-state index is 12.8. The number of amides is 3. The molecular weight excluding hydrogens is 296 g/mol. The Morgan fingerprint density at radius 1 is 1.26 bits per heavy atom. The van der Waals surface area contributed by atoms with Gasteiger partial charge >= 0.3 is 6.03 Å². The van der Waals surface area contributed by atoms with E-state index in [1.165, 1.54) is 12.3 Å². The summed E-state index contributed by atoms with van der Waals surface area (Å²) in [5.41, 5.74) is 0.0885. The minimum atomic E-state index is -0.253. The van der Waals surface area contributed by atoms with Crippen LogP contribution >= 0.6 is 0 Å². The number of piperidine rings is 1. The van der Waals surface area contributed by atoms with Crippen LogP contribution in [0.1, 0.15) is 23.3 Å². The number of carbonyl (C=O) groups excluding carboxylic acids is 2. The number of urea groups is 1. The summed E-state index contributed by atoms with van der Waals surface area (Å²) in [5, 5.41) is 9.88. The second-order valence-electron chi connectivity index (χ2n) is 6.51. The molecule has 4 heterocycles. The van der Waals surface area contributed by atoms with E-state index in [-0.39, 0.29) is 35.3 Å². The van der Waals surface area contributed by atoms with Crippen molar-refractivity contribution < 1.29 is 14.7 Å². The van der Waals surface area contributed by atoms with Gasteiger partial charge in [0.25, 0.3) is 5.91 Å². The van der Waals surface area contributed by atoms with Crippen LogP contribution in [0.25, 0.3) is 0 Å². The largest absolute Gasteiger partial charge is 0.505 e. The monoisotopic (exact) mass is 318 g/mol. The summed E-state index contributed by atoms with van der Waals surface area (Å²) in [4.78, 5) is 34.2. The molecule has 0 radical (unpaired) electrons. The number of pyridine rings is 1. The van der Waals surface area contributed by atoms with Crippen LogP contribution in [0.2, 0.25) is 0 Å². The molecule has 3 amide bonds. The number of rotatable bonds is 1. The number of carbonyl (C=O) groups is 2. The zero-order valence-electron chi connectivity index (χ0n) is 13.5. The molecule has 1 aromatic rings. The van der Waals surface area contributed by atoms with Crippen molar-refractivity contribution in [3.05, 3.63) is 24.0 Å². The van der Waals surface area contributed by atoms with Gasteiger partial charge < -0.3 is 19.8 Å². The average Bonchev–Trinajstić information content (AvgIpc) is 2.85. The number of hydrogen-bond donors (Lipinski definition) is 1. The molecule has 0 spiro atoms. The number of fused-ring (bicyclic) bond motifs is 4. The van der Waals surface area contributed by atoms with Gasteiger partial charge in [-0.2, -0.15) is 0 Å². The standard InChI is InChI=1S/C16H22N4O3/c1-18(2)16(23)19-8-11-5-6-12(10-19)20(9-11)15(22)14-13(21)4-3-7-17-14/h3-4,7,11-12,21H,5-6,8-10H2,1-2H3/t11-,12+/m1/s1. The van der Waals surface area contributed by atoms with Crippen LogP contribution in [0.5, 0.6) is 5.75 Å². The maximum absolute atomic E-state index is 12.8. The molecule has 7 nitrogen and oxygen atoms in total. The molecule has 0 unspecified atom stereocenters. The zero-order chi connectivity index (χ0) is 16.6. The normalized spacial score (nSPS) is 23.6. The van der Waals surface area contributed by atoms with E-state index in [4.69, 9.17) is 0 Å². The highest BCUT2D eigenvalue weighted by molar-refractivity contribution is 5.95. The molecule has 2 bridgehead atoms. The summed E-state index contributed by atoms with van der Waals surface area (Å²) in [6.07, 6.45) is 3.39. The summed E-state index contributed by atoms with van der Waals surface area (Å²) in [7, 11) is 3.48. The van der Waals surface area contributed by atoms with E-state index in [0.29, 0.717) is 19.6 Å². The average molecular weight is 318 g/mol. The molecule has 0 aliphatic carbocycles. The van der Waals surface area contributed by atoms with Crippen molar-refractivity contribution in [2.24, 2.45) is 5.92 Å². The molecule has 3 aliphatic heterocycles.